The van der Waals surface area contributed by atoms with E-state index in [-0.39, 0.29) is 18.9 Å². The second kappa shape index (κ2) is 21.1. The number of carboxylic acids is 2. The largest absolute Gasteiger partial charge is 1.00 e. The molecule has 1 saturated heterocycles. The summed E-state index contributed by atoms with van der Waals surface area (Å²) in [6.45, 7) is 8.12. The van der Waals surface area contributed by atoms with Crippen molar-refractivity contribution in [3.8, 4) is 0 Å². The molecule has 0 spiro atoms. The number of epoxide rings is 1. The molecule has 8 nitrogen and oxygen atoms in total. The molecule has 0 amide bonds. The molecule has 0 radical (unpaired) electrons. The van der Waals surface area contributed by atoms with Gasteiger partial charge in [-0.15, -0.1) is 0 Å². The Balaban J connectivity index is -0.000000374. The van der Waals surface area contributed by atoms with Crippen LogP contribution < -0.4 is 18.9 Å². The first-order valence-electron chi connectivity index (χ1n) is 9.44. The van der Waals surface area contributed by atoms with Gasteiger partial charge < -0.3 is 21.9 Å². The summed E-state index contributed by atoms with van der Waals surface area (Å²) < 4.78 is 33.2. The van der Waals surface area contributed by atoms with Gasteiger partial charge in [0.1, 0.15) is 0 Å². The zero-order chi connectivity index (χ0) is 21.1. The van der Waals surface area contributed by atoms with E-state index in [0.717, 1.165) is 19.6 Å². The number of carbonyl (C=O) groups is 2. The second-order valence-electron chi connectivity index (χ2n) is 6.23. The van der Waals surface area contributed by atoms with E-state index in [4.69, 9.17) is 14.8 Å². The van der Waals surface area contributed by atoms with Crippen molar-refractivity contribution in [3.63, 3.8) is 0 Å². The van der Waals surface area contributed by atoms with Crippen molar-refractivity contribution in [2.24, 2.45) is 0 Å². The summed E-state index contributed by atoms with van der Waals surface area (Å²) in [4.78, 5) is 20.0. The summed E-state index contributed by atoms with van der Waals surface area (Å²) in [5.41, 5.74) is 0. The van der Waals surface area contributed by atoms with Gasteiger partial charge >= 0.3 is 30.8 Å². The average molecular weight is 418 g/mol. The van der Waals surface area contributed by atoms with Gasteiger partial charge in [0.05, 0.1) is 19.6 Å². The van der Waals surface area contributed by atoms with Gasteiger partial charge in [0.25, 0.3) is 10.1 Å². The van der Waals surface area contributed by atoms with E-state index in [1.807, 2.05) is 0 Å². The molecule has 0 bridgehead atoms. The first kappa shape index (κ1) is 32.1. The molecular formula is C18H35LiO8S. The van der Waals surface area contributed by atoms with E-state index in [1.165, 1.54) is 57.8 Å². The number of hydrogen-bond acceptors (Lipinski definition) is 5. The maximum atomic E-state index is 10.2. The maximum Gasteiger partial charge on any atom is 1.00 e. The Hall–Kier alpha value is -0.593. The summed E-state index contributed by atoms with van der Waals surface area (Å²) in [7, 11) is -4.84. The topological polar surface area (TPSA) is 142 Å². The van der Waals surface area contributed by atoms with Crippen LogP contribution in [0.2, 0.25) is 0 Å². The van der Waals surface area contributed by atoms with Crippen LogP contribution in [0, 0.1) is 6.92 Å². The SMILES string of the molecule is C1CO1.O=C(O)CC(C(=O)O)S(=O)(=O)O.[CH2-]CCCCCCCCCCC.[Li+]. The molecule has 1 unspecified atom stereocenters. The molecule has 0 aromatic heterocycles. The summed E-state index contributed by atoms with van der Waals surface area (Å²) in [5, 5.41) is 13.9. The van der Waals surface area contributed by atoms with Crippen molar-refractivity contribution < 1.29 is 56.4 Å². The molecule has 1 atom stereocenters. The molecule has 0 saturated carbocycles. The first-order chi connectivity index (χ1) is 12.7. The van der Waals surface area contributed by atoms with Crippen LogP contribution in [0.5, 0.6) is 0 Å². The Kier molecular flexibility index (Phi) is 24.2. The Morgan fingerprint density at radius 1 is 0.964 bits per heavy atom. The minimum atomic E-state index is -4.84. The minimum absolute atomic E-state index is 0. The standard InChI is InChI=1S/C12H25.C4H6O7S.C2H4O.Li/c1-3-5-7-9-11-12-10-8-6-4-2;5-3(6)1-2(4(7)8)12(9,10)11;1-2-3-1;/h1,3-12H2,2H3;2H,1H2,(H,5,6)(H,7,8)(H,9,10,11);1-2H2;/q-1;;;+1. The van der Waals surface area contributed by atoms with Gasteiger partial charge in [-0.25, -0.2) is 0 Å². The molecule has 1 heterocycles. The molecule has 0 aromatic rings. The Morgan fingerprint density at radius 2 is 1.36 bits per heavy atom. The number of hydrogen-bond donors (Lipinski definition) is 3. The quantitative estimate of drug-likeness (QED) is 0.130. The smallest absolute Gasteiger partial charge is 0.481 e. The van der Waals surface area contributed by atoms with Gasteiger partial charge in [0.2, 0.25) is 0 Å². The number of ether oxygens (including phenoxy) is 1. The molecule has 0 aliphatic carbocycles. The number of aliphatic carboxylic acids is 2. The van der Waals surface area contributed by atoms with Crippen molar-refractivity contribution in [2.45, 2.75) is 82.8 Å². The zero-order valence-electron chi connectivity index (χ0n) is 17.3. The Morgan fingerprint density at radius 3 is 1.57 bits per heavy atom. The molecule has 1 rings (SSSR count). The molecular weight excluding hydrogens is 383 g/mol. The van der Waals surface area contributed by atoms with Gasteiger partial charge in [-0.3, -0.25) is 14.1 Å². The third-order valence-corrected chi connectivity index (χ3v) is 4.64. The first-order valence-corrected chi connectivity index (χ1v) is 10.9. The van der Waals surface area contributed by atoms with Gasteiger partial charge in [0.15, 0.2) is 5.25 Å². The molecule has 10 heteroatoms. The molecule has 162 valence electrons. The zero-order valence-corrected chi connectivity index (χ0v) is 18.1. The van der Waals surface area contributed by atoms with E-state index in [9.17, 15) is 18.0 Å². The van der Waals surface area contributed by atoms with E-state index in [2.05, 4.69) is 18.6 Å². The van der Waals surface area contributed by atoms with E-state index >= 15 is 0 Å². The van der Waals surface area contributed by atoms with Crippen LogP contribution in [0.25, 0.3) is 0 Å². The van der Waals surface area contributed by atoms with Gasteiger partial charge in [-0.05, 0) is 0 Å². The van der Waals surface area contributed by atoms with Crippen LogP contribution in [0.4, 0.5) is 0 Å². The van der Waals surface area contributed by atoms with Crippen LogP contribution >= 0.6 is 0 Å². The van der Waals surface area contributed by atoms with Gasteiger partial charge in [-0.2, -0.15) is 14.8 Å². The van der Waals surface area contributed by atoms with Crippen LogP contribution in [-0.2, 0) is 24.4 Å². The monoisotopic (exact) mass is 418 g/mol. The fourth-order valence-electron chi connectivity index (χ4n) is 1.97. The van der Waals surface area contributed by atoms with E-state index in [1.54, 1.807) is 0 Å². The molecule has 3 N–H and O–H groups in total. The minimum Gasteiger partial charge on any atom is -0.481 e. The maximum absolute atomic E-state index is 10.2. The fraction of sp³-hybridized carbons (Fsp3) is 0.833. The number of rotatable bonds is 13. The summed E-state index contributed by atoms with van der Waals surface area (Å²) in [5.74, 6) is -3.50. The molecule has 1 aliphatic rings. The third-order valence-electron chi connectivity index (χ3n) is 3.55. The van der Waals surface area contributed by atoms with Gasteiger partial charge in [-0.1, -0.05) is 64.7 Å². The predicted molar refractivity (Wildman–Crippen MR) is 103 cm³/mol. The van der Waals surface area contributed by atoms with Crippen LogP contribution in [0.3, 0.4) is 0 Å². The molecule has 0 aromatic carbocycles. The van der Waals surface area contributed by atoms with Crippen LogP contribution in [0.15, 0.2) is 0 Å². The van der Waals surface area contributed by atoms with Crippen molar-refractivity contribution in [1.82, 2.24) is 0 Å². The van der Waals surface area contributed by atoms with E-state index < -0.39 is 33.7 Å². The third kappa shape index (κ3) is 27.6. The van der Waals surface area contributed by atoms with Crippen molar-refractivity contribution in [1.29, 1.82) is 0 Å². The average Bonchev–Trinajstić information content (AvgIpc) is 3.43. The van der Waals surface area contributed by atoms with Crippen molar-refractivity contribution in [2.75, 3.05) is 13.2 Å². The van der Waals surface area contributed by atoms with Gasteiger partial charge in [0, 0.05) is 0 Å². The van der Waals surface area contributed by atoms with Crippen LogP contribution in [-0.4, -0.2) is 53.6 Å². The summed E-state index contributed by atoms with van der Waals surface area (Å²) in [6, 6.07) is 0. The Bertz CT molecular complexity index is 467. The predicted octanol–water partition coefficient (Wildman–Crippen LogP) is 0.564. The normalized spacial score (nSPS) is 13.0. The summed E-state index contributed by atoms with van der Waals surface area (Å²) >= 11 is 0. The molecule has 28 heavy (non-hydrogen) atoms. The van der Waals surface area contributed by atoms with Crippen LogP contribution in [0.1, 0.15) is 77.6 Å². The molecule has 1 fully saturated rings. The molecule has 1 aliphatic heterocycles. The fourth-order valence-corrected chi connectivity index (χ4v) is 2.57. The Labute approximate surface area is 181 Å². The summed E-state index contributed by atoms with van der Waals surface area (Å²) in [6.07, 6.45) is 12.7. The van der Waals surface area contributed by atoms with Crippen molar-refractivity contribution >= 4 is 22.1 Å². The second-order valence-corrected chi connectivity index (χ2v) is 7.83. The van der Waals surface area contributed by atoms with Crippen molar-refractivity contribution in [3.05, 3.63) is 6.92 Å². The number of carboxylic acid groups (broad SMARTS) is 2. The number of unbranched alkanes of at least 4 members (excludes halogenated alkanes) is 9. The van der Waals surface area contributed by atoms with E-state index in [0.29, 0.717) is 0 Å².